The molecule has 0 saturated carbocycles. The van der Waals surface area contributed by atoms with Crippen LogP contribution in [0.3, 0.4) is 0 Å². The van der Waals surface area contributed by atoms with E-state index in [1.807, 2.05) is 30.3 Å². The first-order valence-electron chi connectivity index (χ1n) is 9.00. The highest BCUT2D eigenvalue weighted by molar-refractivity contribution is 7.17. The van der Waals surface area contributed by atoms with Crippen molar-refractivity contribution in [2.24, 2.45) is 0 Å². The normalized spacial score (nSPS) is 13.5. The summed E-state index contributed by atoms with van der Waals surface area (Å²) in [5.74, 6) is -0.337. The number of benzene rings is 1. The molecule has 0 unspecified atom stereocenters. The van der Waals surface area contributed by atoms with E-state index in [4.69, 9.17) is 4.74 Å². The number of hydrogen-bond donors (Lipinski definition) is 2. The number of carbonyl (C=O) groups excluding carboxylic acids is 1. The summed E-state index contributed by atoms with van der Waals surface area (Å²) in [5, 5.41) is 12.9. The molecule has 138 valence electrons. The predicted octanol–water partition coefficient (Wildman–Crippen LogP) is 4.51. The first-order valence-corrected chi connectivity index (χ1v) is 9.82. The summed E-state index contributed by atoms with van der Waals surface area (Å²) in [5.41, 5.74) is 1.21. The zero-order chi connectivity index (χ0) is 18.4. The molecule has 1 aliphatic rings. The Morgan fingerprint density at radius 2 is 1.88 bits per heavy atom. The van der Waals surface area contributed by atoms with Crippen LogP contribution in [0.1, 0.15) is 52.9 Å². The third kappa shape index (κ3) is 4.64. The van der Waals surface area contributed by atoms with Crippen molar-refractivity contribution in [3.8, 4) is 5.75 Å². The maximum Gasteiger partial charge on any atom is 0.339 e. The second-order valence-electron chi connectivity index (χ2n) is 6.39. The van der Waals surface area contributed by atoms with Gasteiger partial charge in [0.1, 0.15) is 10.8 Å². The summed E-state index contributed by atoms with van der Waals surface area (Å²) < 4.78 is 5.58. The molecule has 0 radical (unpaired) electrons. The number of para-hydroxylation sites is 1. The molecule has 1 aromatic heterocycles. The van der Waals surface area contributed by atoms with Gasteiger partial charge in [-0.15, -0.1) is 11.3 Å². The van der Waals surface area contributed by atoms with E-state index in [2.05, 4.69) is 5.32 Å². The highest BCUT2D eigenvalue weighted by atomic mass is 32.1. The molecule has 2 N–H and O–H groups in total. The monoisotopic (exact) mass is 373 g/mol. The fourth-order valence-corrected chi connectivity index (χ4v) is 4.48. The molecule has 5 nitrogen and oxygen atoms in total. The molecular formula is C20H23NO4S. The van der Waals surface area contributed by atoms with Crippen LogP contribution in [0.25, 0.3) is 0 Å². The molecule has 3 rings (SSSR count). The van der Waals surface area contributed by atoms with E-state index in [-0.39, 0.29) is 5.91 Å². The largest absolute Gasteiger partial charge is 0.494 e. The Labute approximate surface area is 157 Å². The van der Waals surface area contributed by atoms with Gasteiger partial charge in [-0.3, -0.25) is 4.79 Å². The van der Waals surface area contributed by atoms with Gasteiger partial charge in [-0.05, 0) is 49.8 Å². The number of hydrogen-bond acceptors (Lipinski definition) is 4. The number of carboxylic acids is 1. The van der Waals surface area contributed by atoms with Crippen molar-refractivity contribution < 1.29 is 19.4 Å². The molecule has 1 aromatic carbocycles. The van der Waals surface area contributed by atoms with Crippen LogP contribution in [0.5, 0.6) is 5.75 Å². The van der Waals surface area contributed by atoms with E-state index in [1.54, 1.807) is 0 Å². The number of nitrogens with one attached hydrogen (secondary N) is 1. The molecule has 0 bridgehead atoms. The molecule has 0 atom stereocenters. The maximum atomic E-state index is 12.2. The molecule has 2 aromatic rings. The SMILES string of the molecule is O=C(CCCOc1ccccc1)Nc1sc2c(c1C(=O)O)CCCCC2. The Bertz CT molecular complexity index is 770. The molecule has 0 spiro atoms. The van der Waals surface area contributed by atoms with Gasteiger partial charge in [0, 0.05) is 11.3 Å². The van der Waals surface area contributed by atoms with E-state index in [0.29, 0.717) is 30.0 Å². The number of aryl methyl sites for hydroxylation is 1. The summed E-state index contributed by atoms with van der Waals surface area (Å²) in [6.45, 7) is 0.449. The van der Waals surface area contributed by atoms with Gasteiger partial charge in [0.05, 0.1) is 12.2 Å². The Morgan fingerprint density at radius 3 is 2.65 bits per heavy atom. The average Bonchev–Trinajstić information content (AvgIpc) is 2.80. The summed E-state index contributed by atoms with van der Waals surface area (Å²) in [6.07, 6.45) is 5.78. The minimum Gasteiger partial charge on any atom is -0.494 e. The van der Waals surface area contributed by atoms with Crippen LogP contribution in [0.4, 0.5) is 5.00 Å². The van der Waals surface area contributed by atoms with E-state index in [9.17, 15) is 14.7 Å². The van der Waals surface area contributed by atoms with Crippen LogP contribution < -0.4 is 10.1 Å². The molecule has 1 heterocycles. The summed E-state index contributed by atoms with van der Waals surface area (Å²) in [6, 6.07) is 9.46. The second kappa shape index (κ2) is 8.85. The number of fused-ring (bicyclic) bond motifs is 1. The molecule has 0 saturated heterocycles. The van der Waals surface area contributed by atoms with E-state index in [0.717, 1.165) is 48.3 Å². The smallest absolute Gasteiger partial charge is 0.339 e. The Balaban J connectivity index is 1.56. The summed E-state index contributed by atoms with van der Waals surface area (Å²) in [4.78, 5) is 25.0. The van der Waals surface area contributed by atoms with Crippen LogP contribution in [0, 0.1) is 0 Å². The number of aromatic carboxylic acids is 1. The van der Waals surface area contributed by atoms with Crippen LogP contribution in [-0.4, -0.2) is 23.6 Å². The number of rotatable bonds is 7. The third-order valence-corrected chi connectivity index (χ3v) is 5.66. The highest BCUT2D eigenvalue weighted by Crippen LogP contribution is 2.37. The summed E-state index contributed by atoms with van der Waals surface area (Å²) >= 11 is 1.42. The first kappa shape index (κ1) is 18.5. The fourth-order valence-electron chi connectivity index (χ4n) is 3.19. The zero-order valence-corrected chi connectivity index (χ0v) is 15.4. The zero-order valence-electron chi connectivity index (χ0n) is 14.6. The van der Waals surface area contributed by atoms with Gasteiger partial charge >= 0.3 is 5.97 Å². The maximum absolute atomic E-state index is 12.2. The van der Waals surface area contributed by atoms with Crippen molar-refractivity contribution in [2.45, 2.75) is 44.9 Å². The lowest BCUT2D eigenvalue weighted by atomic mass is 10.1. The molecule has 26 heavy (non-hydrogen) atoms. The lowest BCUT2D eigenvalue weighted by molar-refractivity contribution is -0.116. The number of amides is 1. The van der Waals surface area contributed by atoms with Crippen molar-refractivity contribution in [2.75, 3.05) is 11.9 Å². The molecule has 0 fully saturated rings. The average molecular weight is 373 g/mol. The van der Waals surface area contributed by atoms with Crippen molar-refractivity contribution >= 4 is 28.2 Å². The van der Waals surface area contributed by atoms with Gasteiger partial charge in [-0.25, -0.2) is 4.79 Å². The van der Waals surface area contributed by atoms with E-state index < -0.39 is 5.97 Å². The lowest BCUT2D eigenvalue weighted by Crippen LogP contribution is -2.14. The van der Waals surface area contributed by atoms with Crippen molar-refractivity contribution in [3.05, 3.63) is 46.3 Å². The quantitative estimate of drug-likeness (QED) is 0.553. The minimum absolute atomic E-state index is 0.166. The van der Waals surface area contributed by atoms with Gasteiger partial charge in [0.25, 0.3) is 0 Å². The van der Waals surface area contributed by atoms with Gasteiger partial charge in [0.15, 0.2) is 0 Å². The molecule has 0 aliphatic heterocycles. The van der Waals surface area contributed by atoms with E-state index in [1.165, 1.54) is 11.3 Å². The highest BCUT2D eigenvalue weighted by Gasteiger charge is 2.25. The van der Waals surface area contributed by atoms with Gasteiger partial charge in [-0.1, -0.05) is 24.6 Å². The first-order chi connectivity index (χ1) is 12.6. The van der Waals surface area contributed by atoms with Crippen molar-refractivity contribution in [1.82, 2.24) is 0 Å². The van der Waals surface area contributed by atoms with E-state index >= 15 is 0 Å². The van der Waals surface area contributed by atoms with Crippen LogP contribution in [0.2, 0.25) is 0 Å². The van der Waals surface area contributed by atoms with Crippen molar-refractivity contribution in [1.29, 1.82) is 0 Å². The topological polar surface area (TPSA) is 75.6 Å². The van der Waals surface area contributed by atoms with Crippen LogP contribution >= 0.6 is 11.3 Å². The Hall–Kier alpha value is -2.34. The van der Waals surface area contributed by atoms with Crippen LogP contribution in [-0.2, 0) is 17.6 Å². The predicted molar refractivity (Wildman–Crippen MR) is 102 cm³/mol. The number of carboxylic acid groups (broad SMARTS) is 1. The Morgan fingerprint density at radius 1 is 1.12 bits per heavy atom. The molecule has 1 aliphatic carbocycles. The second-order valence-corrected chi connectivity index (χ2v) is 7.49. The minimum atomic E-state index is -0.952. The number of ether oxygens (including phenoxy) is 1. The third-order valence-electron chi connectivity index (χ3n) is 4.45. The van der Waals surface area contributed by atoms with Crippen molar-refractivity contribution in [3.63, 3.8) is 0 Å². The Kier molecular flexibility index (Phi) is 6.28. The molecule has 6 heteroatoms. The lowest BCUT2D eigenvalue weighted by Gasteiger charge is -2.07. The van der Waals surface area contributed by atoms with Gasteiger partial charge in [-0.2, -0.15) is 0 Å². The van der Waals surface area contributed by atoms with Crippen LogP contribution in [0.15, 0.2) is 30.3 Å². The number of anilines is 1. The number of thiophene rings is 1. The summed E-state index contributed by atoms with van der Waals surface area (Å²) in [7, 11) is 0. The fraction of sp³-hybridized carbons (Fsp3) is 0.400. The molecule has 1 amide bonds. The molecular weight excluding hydrogens is 350 g/mol. The van der Waals surface area contributed by atoms with Gasteiger partial charge in [0.2, 0.25) is 5.91 Å². The standard InChI is InChI=1S/C20H23NO4S/c22-17(12-7-13-25-14-8-3-1-4-9-14)21-19-18(20(23)24)15-10-5-2-6-11-16(15)26-19/h1,3-4,8-9H,2,5-7,10-13H2,(H,21,22)(H,23,24). The van der Waals surface area contributed by atoms with Gasteiger partial charge < -0.3 is 15.2 Å². The number of carbonyl (C=O) groups is 2.